The van der Waals surface area contributed by atoms with Crippen LogP contribution in [-0.4, -0.2) is 26.2 Å². The highest BCUT2D eigenvalue weighted by Gasteiger charge is 2.08. The van der Waals surface area contributed by atoms with E-state index in [4.69, 9.17) is 4.74 Å². The second-order valence-electron chi connectivity index (χ2n) is 5.48. The number of halogens is 1. The van der Waals surface area contributed by atoms with E-state index in [1.165, 1.54) is 5.69 Å². The van der Waals surface area contributed by atoms with Gasteiger partial charge >= 0.3 is 6.03 Å². The van der Waals surface area contributed by atoms with Crippen molar-refractivity contribution in [3.63, 3.8) is 0 Å². The normalized spacial score (nSPS) is 9.76. The number of rotatable bonds is 6. The molecule has 0 aliphatic carbocycles. The van der Waals surface area contributed by atoms with E-state index in [2.05, 4.69) is 35.4 Å². The molecule has 0 saturated carbocycles. The maximum Gasteiger partial charge on any atom is 0.323 e. The Balaban J connectivity index is 0.00000312. The van der Waals surface area contributed by atoms with Crippen LogP contribution in [0.25, 0.3) is 0 Å². The van der Waals surface area contributed by atoms with Gasteiger partial charge in [0.2, 0.25) is 0 Å². The molecule has 0 atom stereocenters. The number of amides is 2. The Morgan fingerprint density at radius 2 is 1.68 bits per heavy atom. The fourth-order valence-electron chi connectivity index (χ4n) is 2.53. The maximum atomic E-state index is 12.2. The summed E-state index contributed by atoms with van der Waals surface area (Å²) in [5.74, 6) is 0.754. The van der Waals surface area contributed by atoms with Crippen LogP contribution in [0, 0.1) is 6.92 Å². The summed E-state index contributed by atoms with van der Waals surface area (Å²) in [6, 6.07) is 13.0. The van der Waals surface area contributed by atoms with Crippen molar-refractivity contribution in [2.45, 2.75) is 20.8 Å². The lowest BCUT2D eigenvalue weighted by molar-refractivity contribution is -0.00000824. The molecule has 136 valence electrons. The van der Waals surface area contributed by atoms with Gasteiger partial charge in [0.1, 0.15) is 5.75 Å². The number of methoxy groups -OCH3 is 1. The van der Waals surface area contributed by atoms with E-state index in [0.29, 0.717) is 5.69 Å². The third kappa shape index (κ3) is 5.57. The number of anilines is 3. The minimum atomic E-state index is -0.265. The number of carbonyl (C=O) groups is 1. The van der Waals surface area contributed by atoms with Gasteiger partial charge in [0.25, 0.3) is 0 Å². The molecule has 0 fully saturated rings. The number of aryl methyl sites for hydroxylation is 1. The number of nitrogens with one attached hydrogen (secondary N) is 2. The van der Waals surface area contributed by atoms with Crippen LogP contribution in [0.1, 0.15) is 19.4 Å². The highest BCUT2D eigenvalue weighted by molar-refractivity contribution is 6.00. The van der Waals surface area contributed by atoms with Crippen LogP contribution in [-0.2, 0) is 0 Å². The average molecular weight is 363 g/mol. The summed E-state index contributed by atoms with van der Waals surface area (Å²) in [6.45, 7) is 8.18. The molecule has 0 aromatic heterocycles. The standard InChI is InChI=1S/C19H25N3O2.ClH/c1-5-22(6-2)16-9-12-18(14(3)13-16)21-19(23)20-15-7-10-17(24-4)11-8-15;/h7-13H,5-6H2,1-4H3,(H2,20,21,23);1H/p-1. The number of hydrogen-bond acceptors (Lipinski definition) is 3. The Bertz CT molecular complexity index is 686. The molecular formula is C19H25ClN3O2-. The Morgan fingerprint density at radius 1 is 1.04 bits per heavy atom. The van der Waals surface area contributed by atoms with Crippen LogP contribution in [0.2, 0.25) is 0 Å². The van der Waals surface area contributed by atoms with Crippen LogP contribution >= 0.6 is 0 Å². The first kappa shape index (κ1) is 20.6. The molecule has 0 heterocycles. The fourth-order valence-corrected chi connectivity index (χ4v) is 2.53. The third-order valence-corrected chi connectivity index (χ3v) is 3.93. The lowest BCUT2D eigenvalue weighted by Gasteiger charge is -2.22. The van der Waals surface area contributed by atoms with Gasteiger partial charge in [0, 0.05) is 30.2 Å². The van der Waals surface area contributed by atoms with Crippen molar-refractivity contribution in [2.24, 2.45) is 0 Å². The minimum absolute atomic E-state index is 0. The topological polar surface area (TPSA) is 53.6 Å². The number of hydrogen-bond donors (Lipinski definition) is 2. The first-order chi connectivity index (χ1) is 11.6. The third-order valence-electron chi connectivity index (χ3n) is 3.93. The molecular weight excluding hydrogens is 338 g/mol. The van der Waals surface area contributed by atoms with Crippen molar-refractivity contribution in [1.82, 2.24) is 0 Å². The van der Waals surface area contributed by atoms with Gasteiger partial charge in [-0.3, -0.25) is 0 Å². The number of urea groups is 1. The first-order valence-electron chi connectivity index (χ1n) is 8.15. The quantitative estimate of drug-likeness (QED) is 0.818. The van der Waals surface area contributed by atoms with Crippen molar-refractivity contribution in [1.29, 1.82) is 0 Å². The van der Waals surface area contributed by atoms with Crippen LogP contribution in [0.5, 0.6) is 5.75 Å². The second-order valence-corrected chi connectivity index (χ2v) is 5.48. The molecule has 0 spiro atoms. The molecule has 25 heavy (non-hydrogen) atoms. The summed E-state index contributed by atoms with van der Waals surface area (Å²) in [4.78, 5) is 14.4. The molecule has 6 heteroatoms. The first-order valence-corrected chi connectivity index (χ1v) is 8.15. The lowest BCUT2D eigenvalue weighted by atomic mass is 10.1. The summed E-state index contributed by atoms with van der Waals surface area (Å²) in [5.41, 5.74) is 3.71. The van der Waals surface area contributed by atoms with E-state index in [-0.39, 0.29) is 18.4 Å². The highest BCUT2D eigenvalue weighted by Crippen LogP contribution is 2.23. The average Bonchev–Trinajstić information content (AvgIpc) is 2.59. The van der Waals surface area contributed by atoms with Crippen LogP contribution < -0.4 is 32.7 Å². The zero-order chi connectivity index (χ0) is 17.5. The molecule has 0 aliphatic rings. The molecule has 0 aliphatic heterocycles. The van der Waals surface area contributed by atoms with Crippen molar-refractivity contribution >= 4 is 23.1 Å². The van der Waals surface area contributed by atoms with E-state index < -0.39 is 0 Å². The molecule has 2 rings (SSSR count). The van der Waals surface area contributed by atoms with Gasteiger partial charge in [-0.15, -0.1) is 0 Å². The van der Waals surface area contributed by atoms with E-state index in [9.17, 15) is 4.79 Å². The zero-order valence-corrected chi connectivity index (χ0v) is 15.9. The van der Waals surface area contributed by atoms with Gasteiger partial charge in [-0.05, 0) is 68.8 Å². The molecule has 2 aromatic carbocycles. The van der Waals surface area contributed by atoms with E-state index >= 15 is 0 Å². The summed E-state index contributed by atoms with van der Waals surface area (Å²) in [6.07, 6.45) is 0. The molecule has 0 radical (unpaired) electrons. The van der Waals surface area contributed by atoms with Gasteiger partial charge in [-0.25, -0.2) is 4.79 Å². The summed E-state index contributed by atoms with van der Waals surface area (Å²) in [7, 11) is 1.61. The monoisotopic (exact) mass is 362 g/mol. The van der Waals surface area contributed by atoms with Gasteiger partial charge in [0.15, 0.2) is 0 Å². The molecule has 2 aromatic rings. The number of nitrogens with zero attached hydrogens (tertiary/aromatic N) is 1. The smallest absolute Gasteiger partial charge is 0.323 e. The van der Waals surface area contributed by atoms with Crippen LogP contribution in [0.15, 0.2) is 42.5 Å². The largest absolute Gasteiger partial charge is 1.00 e. The van der Waals surface area contributed by atoms with Gasteiger partial charge in [-0.2, -0.15) is 0 Å². The molecule has 0 saturated heterocycles. The van der Waals surface area contributed by atoms with Crippen molar-refractivity contribution in [3.05, 3.63) is 48.0 Å². The summed E-state index contributed by atoms with van der Waals surface area (Å²) in [5, 5.41) is 5.70. The van der Waals surface area contributed by atoms with Crippen molar-refractivity contribution in [3.8, 4) is 5.75 Å². The Labute approximate surface area is 155 Å². The molecule has 5 nitrogen and oxygen atoms in total. The zero-order valence-electron chi connectivity index (χ0n) is 15.1. The molecule has 2 N–H and O–H groups in total. The predicted octanol–water partition coefficient (Wildman–Crippen LogP) is 1.50. The number of ether oxygens (including phenoxy) is 1. The highest BCUT2D eigenvalue weighted by atomic mass is 35.5. The Hall–Kier alpha value is -2.40. The fraction of sp³-hybridized carbons (Fsp3) is 0.316. The lowest BCUT2D eigenvalue weighted by Crippen LogP contribution is -3.00. The van der Waals surface area contributed by atoms with E-state index in [1.54, 1.807) is 31.4 Å². The Kier molecular flexibility index (Phi) is 8.08. The second kappa shape index (κ2) is 9.79. The number of carbonyl (C=O) groups excluding carboxylic acids is 1. The molecule has 2 amide bonds. The van der Waals surface area contributed by atoms with Crippen molar-refractivity contribution < 1.29 is 21.9 Å². The van der Waals surface area contributed by atoms with Crippen molar-refractivity contribution in [2.75, 3.05) is 35.7 Å². The number of benzene rings is 2. The van der Waals surface area contributed by atoms with Crippen LogP contribution in [0.3, 0.4) is 0 Å². The SMILES string of the molecule is CCN(CC)c1ccc(NC(=O)Nc2ccc(OC)cc2)c(C)c1.[Cl-]. The van der Waals surface area contributed by atoms with Gasteiger partial charge in [0.05, 0.1) is 7.11 Å². The molecule has 0 bridgehead atoms. The van der Waals surface area contributed by atoms with Crippen LogP contribution in [0.4, 0.5) is 21.9 Å². The summed E-state index contributed by atoms with van der Waals surface area (Å²) >= 11 is 0. The van der Waals surface area contributed by atoms with E-state index in [1.807, 2.05) is 19.1 Å². The summed E-state index contributed by atoms with van der Waals surface area (Å²) < 4.78 is 5.10. The van der Waals surface area contributed by atoms with Gasteiger partial charge < -0.3 is 32.7 Å². The minimum Gasteiger partial charge on any atom is -1.00 e. The maximum absolute atomic E-state index is 12.2. The predicted molar refractivity (Wildman–Crippen MR) is 100 cm³/mol. The molecule has 0 unspecified atom stereocenters. The van der Waals surface area contributed by atoms with E-state index in [0.717, 1.165) is 30.1 Å². The Morgan fingerprint density at radius 3 is 2.20 bits per heavy atom. The van der Waals surface area contributed by atoms with Gasteiger partial charge in [-0.1, -0.05) is 0 Å².